The van der Waals surface area contributed by atoms with Gasteiger partial charge in [-0.3, -0.25) is 4.79 Å². The number of hydrogen-bond acceptors (Lipinski definition) is 2. The quantitative estimate of drug-likeness (QED) is 0.773. The number of carbonyl (C=O) groups excluding carboxylic acids is 1. The zero-order valence-corrected chi connectivity index (χ0v) is 13.8. The summed E-state index contributed by atoms with van der Waals surface area (Å²) in [4.78, 5) is 27.8. The molecule has 3 rings (SSSR count). The van der Waals surface area contributed by atoms with Crippen LogP contribution in [0.5, 0.6) is 0 Å². The Morgan fingerprint density at radius 2 is 2.17 bits per heavy atom. The molecule has 122 valence electrons. The minimum atomic E-state index is -1.21. The van der Waals surface area contributed by atoms with Crippen molar-refractivity contribution in [2.45, 2.75) is 19.4 Å². The van der Waals surface area contributed by atoms with Crippen LogP contribution in [-0.4, -0.2) is 40.1 Å². The van der Waals surface area contributed by atoms with Crippen LogP contribution in [0.25, 0.3) is 10.9 Å². The van der Waals surface area contributed by atoms with Gasteiger partial charge in [0.05, 0.1) is 21.6 Å². The lowest BCUT2D eigenvalue weighted by atomic mass is 9.97. The molecule has 2 amide bonds. The van der Waals surface area contributed by atoms with Crippen LogP contribution in [0.3, 0.4) is 0 Å². The Hall–Kier alpha value is -1.92. The molecule has 1 atom stereocenters. The van der Waals surface area contributed by atoms with E-state index in [1.54, 1.807) is 11.0 Å². The second-order valence-corrected chi connectivity index (χ2v) is 6.26. The van der Waals surface area contributed by atoms with Gasteiger partial charge in [0.25, 0.3) is 0 Å². The van der Waals surface area contributed by atoms with Crippen molar-refractivity contribution in [1.29, 1.82) is 0 Å². The minimum Gasteiger partial charge on any atom is -0.465 e. The number of carboxylic acid groups (broad SMARTS) is 1. The standard InChI is InChI=1S/C15H15Cl2N3O3/c1-7-12-8-2-3-9(16)13(17)14(8)19-10(12)4-5-20(7)11(21)6-18-15(22)23/h2-3,7,18-19H,4-6H2,1H3,(H,22,23). The van der Waals surface area contributed by atoms with Gasteiger partial charge in [0.2, 0.25) is 5.91 Å². The summed E-state index contributed by atoms with van der Waals surface area (Å²) in [5.41, 5.74) is 2.81. The van der Waals surface area contributed by atoms with E-state index in [0.29, 0.717) is 23.0 Å². The third-order valence-electron chi connectivity index (χ3n) is 4.19. The first-order chi connectivity index (χ1) is 10.9. The number of aromatic nitrogens is 1. The number of halogens is 2. The number of amides is 2. The van der Waals surface area contributed by atoms with Crippen LogP contribution in [-0.2, 0) is 11.2 Å². The highest BCUT2D eigenvalue weighted by Crippen LogP contribution is 2.39. The molecule has 0 saturated heterocycles. The van der Waals surface area contributed by atoms with E-state index in [0.717, 1.165) is 22.2 Å². The fourth-order valence-corrected chi connectivity index (χ4v) is 3.50. The van der Waals surface area contributed by atoms with E-state index >= 15 is 0 Å². The van der Waals surface area contributed by atoms with Crippen LogP contribution in [0, 0.1) is 0 Å². The van der Waals surface area contributed by atoms with Gasteiger partial charge in [-0.25, -0.2) is 4.79 Å². The summed E-state index contributed by atoms with van der Waals surface area (Å²) < 4.78 is 0. The molecular formula is C15H15Cl2N3O3. The van der Waals surface area contributed by atoms with Crippen LogP contribution >= 0.6 is 23.2 Å². The van der Waals surface area contributed by atoms with Crippen molar-refractivity contribution in [3.05, 3.63) is 33.4 Å². The van der Waals surface area contributed by atoms with Crippen molar-refractivity contribution in [3.63, 3.8) is 0 Å². The van der Waals surface area contributed by atoms with E-state index in [4.69, 9.17) is 28.3 Å². The third kappa shape index (κ3) is 2.72. The Labute approximate surface area is 142 Å². The van der Waals surface area contributed by atoms with E-state index in [-0.39, 0.29) is 18.5 Å². The molecular weight excluding hydrogens is 341 g/mol. The van der Waals surface area contributed by atoms with Crippen LogP contribution in [0.4, 0.5) is 4.79 Å². The van der Waals surface area contributed by atoms with Gasteiger partial charge in [-0.1, -0.05) is 29.3 Å². The lowest BCUT2D eigenvalue weighted by molar-refractivity contribution is -0.132. The van der Waals surface area contributed by atoms with Gasteiger partial charge < -0.3 is 20.3 Å². The average Bonchev–Trinajstić information content (AvgIpc) is 2.89. The molecule has 0 bridgehead atoms. The molecule has 3 N–H and O–H groups in total. The number of aromatic amines is 1. The monoisotopic (exact) mass is 355 g/mol. The molecule has 1 aromatic heterocycles. The third-order valence-corrected chi connectivity index (χ3v) is 4.99. The average molecular weight is 356 g/mol. The van der Waals surface area contributed by atoms with Crippen LogP contribution in [0.1, 0.15) is 24.2 Å². The second-order valence-electron chi connectivity index (χ2n) is 5.47. The lowest BCUT2D eigenvalue weighted by Crippen LogP contribution is -2.44. The van der Waals surface area contributed by atoms with E-state index < -0.39 is 6.09 Å². The lowest BCUT2D eigenvalue weighted by Gasteiger charge is -2.34. The van der Waals surface area contributed by atoms with Crippen molar-refractivity contribution in [1.82, 2.24) is 15.2 Å². The molecule has 1 aromatic carbocycles. The smallest absolute Gasteiger partial charge is 0.405 e. The normalized spacial score (nSPS) is 17.2. The van der Waals surface area contributed by atoms with Crippen molar-refractivity contribution in [2.24, 2.45) is 0 Å². The van der Waals surface area contributed by atoms with Gasteiger partial charge >= 0.3 is 6.09 Å². The van der Waals surface area contributed by atoms with Crippen molar-refractivity contribution < 1.29 is 14.7 Å². The Kier molecular flexibility index (Phi) is 4.12. The topological polar surface area (TPSA) is 85.4 Å². The van der Waals surface area contributed by atoms with Gasteiger partial charge in [-0.05, 0) is 13.0 Å². The predicted molar refractivity (Wildman–Crippen MR) is 88.2 cm³/mol. The number of fused-ring (bicyclic) bond motifs is 3. The molecule has 6 nitrogen and oxygen atoms in total. The first-order valence-corrected chi connectivity index (χ1v) is 7.90. The molecule has 0 aliphatic carbocycles. The maximum atomic E-state index is 12.2. The Bertz CT molecular complexity index is 803. The van der Waals surface area contributed by atoms with E-state index in [1.165, 1.54) is 0 Å². The van der Waals surface area contributed by atoms with Gasteiger partial charge in [0.15, 0.2) is 0 Å². The predicted octanol–water partition coefficient (Wildman–Crippen LogP) is 3.19. The largest absolute Gasteiger partial charge is 0.465 e. The van der Waals surface area contributed by atoms with E-state index in [1.807, 2.05) is 13.0 Å². The highest BCUT2D eigenvalue weighted by Gasteiger charge is 2.31. The van der Waals surface area contributed by atoms with E-state index in [2.05, 4.69) is 10.3 Å². The molecule has 0 fully saturated rings. The molecule has 2 heterocycles. The molecule has 0 saturated carbocycles. The number of H-pyrrole nitrogens is 1. The zero-order chi connectivity index (χ0) is 16.7. The van der Waals surface area contributed by atoms with Crippen molar-refractivity contribution >= 4 is 46.1 Å². The summed E-state index contributed by atoms with van der Waals surface area (Å²) in [6.07, 6.45) is -0.557. The van der Waals surface area contributed by atoms with Gasteiger partial charge in [0.1, 0.15) is 6.54 Å². The van der Waals surface area contributed by atoms with Gasteiger partial charge in [-0.15, -0.1) is 0 Å². The Morgan fingerprint density at radius 3 is 2.87 bits per heavy atom. The fraction of sp³-hybridized carbons (Fsp3) is 0.333. The number of carbonyl (C=O) groups is 2. The Balaban J connectivity index is 1.96. The fourth-order valence-electron chi connectivity index (χ4n) is 3.13. The summed E-state index contributed by atoms with van der Waals surface area (Å²) >= 11 is 12.3. The first kappa shape index (κ1) is 16.0. The highest BCUT2D eigenvalue weighted by atomic mass is 35.5. The van der Waals surface area contributed by atoms with Crippen LogP contribution in [0.15, 0.2) is 12.1 Å². The van der Waals surface area contributed by atoms with Crippen molar-refractivity contribution in [3.8, 4) is 0 Å². The summed E-state index contributed by atoms with van der Waals surface area (Å²) in [6, 6.07) is 3.45. The number of benzene rings is 1. The Morgan fingerprint density at radius 1 is 1.43 bits per heavy atom. The number of nitrogens with zero attached hydrogens (tertiary/aromatic N) is 1. The van der Waals surface area contributed by atoms with Crippen molar-refractivity contribution in [2.75, 3.05) is 13.1 Å². The summed E-state index contributed by atoms with van der Waals surface area (Å²) in [6.45, 7) is 2.21. The minimum absolute atomic E-state index is 0.173. The second kappa shape index (κ2) is 5.94. The number of rotatable bonds is 2. The molecule has 1 unspecified atom stereocenters. The zero-order valence-electron chi connectivity index (χ0n) is 12.3. The molecule has 2 aromatic rings. The van der Waals surface area contributed by atoms with Crippen LogP contribution in [0.2, 0.25) is 10.0 Å². The van der Waals surface area contributed by atoms with Crippen LogP contribution < -0.4 is 5.32 Å². The maximum absolute atomic E-state index is 12.2. The summed E-state index contributed by atoms with van der Waals surface area (Å²) in [7, 11) is 0. The van der Waals surface area contributed by atoms with Gasteiger partial charge in [-0.2, -0.15) is 0 Å². The molecule has 0 radical (unpaired) electrons. The summed E-state index contributed by atoms with van der Waals surface area (Å²) in [5.74, 6) is -0.250. The SMILES string of the molecule is CC1c2c([nH]c3c(Cl)c(Cl)ccc23)CCN1C(=O)CNC(=O)O. The maximum Gasteiger partial charge on any atom is 0.405 e. The molecule has 1 aliphatic rings. The summed E-state index contributed by atoms with van der Waals surface area (Å²) in [5, 5.41) is 12.6. The van der Waals surface area contributed by atoms with E-state index in [9.17, 15) is 9.59 Å². The molecule has 8 heteroatoms. The molecule has 23 heavy (non-hydrogen) atoms. The first-order valence-electron chi connectivity index (χ1n) is 7.15. The molecule has 0 spiro atoms. The highest BCUT2D eigenvalue weighted by molar-refractivity contribution is 6.45. The number of hydrogen-bond donors (Lipinski definition) is 3. The van der Waals surface area contributed by atoms with Gasteiger partial charge in [0, 0.05) is 29.6 Å². The number of nitrogens with one attached hydrogen (secondary N) is 2. The molecule has 1 aliphatic heterocycles.